The summed E-state index contributed by atoms with van der Waals surface area (Å²) in [7, 11) is 0. The lowest BCUT2D eigenvalue weighted by Crippen LogP contribution is -2.30. The molecule has 1 aromatic carbocycles. The number of benzene rings is 1. The zero-order valence-corrected chi connectivity index (χ0v) is 14.2. The van der Waals surface area contributed by atoms with Crippen molar-refractivity contribution in [3.63, 3.8) is 0 Å². The molecule has 1 aromatic heterocycles. The first kappa shape index (κ1) is 17.1. The molecule has 0 radical (unpaired) electrons. The molecule has 0 aliphatic carbocycles. The molecule has 0 bridgehead atoms. The Morgan fingerprint density at radius 3 is 2.22 bits per heavy atom. The molecule has 3 heteroatoms. The van der Waals surface area contributed by atoms with Gasteiger partial charge in [0.15, 0.2) is 0 Å². The standard InChI is InChI=1S/C20H25NO2/c1-14(2)16-7-9-17(10-8-16)20(15(3)4)21-19(22)12-11-18-6-5-13-23-18/h5-15,20H,1-4H3,(H,21,22)/b12-11+/t20-/m1/s1. The van der Waals surface area contributed by atoms with E-state index in [4.69, 9.17) is 4.42 Å². The van der Waals surface area contributed by atoms with Crippen LogP contribution in [0.15, 0.2) is 53.2 Å². The van der Waals surface area contributed by atoms with Crippen molar-refractivity contribution >= 4 is 12.0 Å². The lowest BCUT2D eigenvalue weighted by atomic mass is 9.93. The molecule has 0 saturated carbocycles. The Morgan fingerprint density at radius 2 is 1.70 bits per heavy atom. The molecule has 3 nitrogen and oxygen atoms in total. The van der Waals surface area contributed by atoms with Gasteiger partial charge in [-0.2, -0.15) is 0 Å². The summed E-state index contributed by atoms with van der Waals surface area (Å²) >= 11 is 0. The van der Waals surface area contributed by atoms with Crippen molar-refractivity contribution < 1.29 is 9.21 Å². The molecule has 0 aliphatic rings. The summed E-state index contributed by atoms with van der Waals surface area (Å²) in [5.74, 6) is 1.36. The highest BCUT2D eigenvalue weighted by Gasteiger charge is 2.17. The van der Waals surface area contributed by atoms with E-state index in [0.29, 0.717) is 17.6 Å². The summed E-state index contributed by atoms with van der Waals surface area (Å²) in [6.45, 7) is 8.57. The van der Waals surface area contributed by atoms with E-state index in [0.717, 1.165) is 5.56 Å². The van der Waals surface area contributed by atoms with Gasteiger partial charge in [-0.05, 0) is 41.2 Å². The fourth-order valence-corrected chi connectivity index (χ4v) is 2.47. The van der Waals surface area contributed by atoms with E-state index in [9.17, 15) is 4.79 Å². The average molecular weight is 311 g/mol. The number of carbonyl (C=O) groups is 1. The summed E-state index contributed by atoms with van der Waals surface area (Å²) in [6.07, 6.45) is 4.77. The molecule has 2 rings (SSSR count). The van der Waals surface area contributed by atoms with Gasteiger partial charge in [-0.3, -0.25) is 4.79 Å². The minimum atomic E-state index is -0.118. The SMILES string of the molecule is CC(C)c1ccc([C@H](NC(=O)/C=C/c2ccco2)C(C)C)cc1. The Bertz CT molecular complexity index is 637. The maximum Gasteiger partial charge on any atom is 0.244 e. The van der Waals surface area contributed by atoms with Crippen LogP contribution in [0.1, 0.15) is 56.5 Å². The Hall–Kier alpha value is -2.29. The van der Waals surface area contributed by atoms with Crippen molar-refractivity contribution in [2.45, 2.75) is 39.7 Å². The molecular weight excluding hydrogens is 286 g/mol. The van der Waals surface area contributed by atoms with Crippen LogP contribution in [0.25, 0.3) is 6.08 Å². The Morgan fingerprint density at radius 1 is 1.04 bits per heavy atom. The summed E-state index contributed by atoms with van der Waals surface area (Å²) < 4.78 is 5.19. The Kier molecular flexibility index (Phi) is 5.80. The van der Waals surface area contributed by atoms with E-state index in [1.54, 1.807) is 18.4 Å². The lowest BCUT2D eigenvalue weighted by molar-refractivity contribution is -0.117. The topological polar surface area (TPSA) is 42.2 Å². The van der Waals surface area contributed by atoms with Crippen molar-refractivity contribution in [1.29, 1.82) is 0 Å². The normalized spacial score (nSPS) is 13.0. The molecular formula is C20H25NO2. The van der Waals surface area contributed by atoms with Crippen molar-refractivity contribution in [3.05, 3.63) is 65.6 Å². The zero-order chi connectivity index (χ0) is 16.8. The van der Waals surface area contributed by atoms with Crippen LogP contribution in [0.5, 0.6) is 0 Å². The summed E-state index contributed by atoms with van der Waals surface area (Å²) in [4.78, 5) is 12.2. The second kappa shape index (κ2) is 7.82. The maximum atomic E-state index is 12.2. The van der Waals surface area contributed by atoms with Gasteiger partial charge < -0.3 is 9.73 Å². The summed E-state index contributed by atoms with van der Waals surface area (Å²) in [6, 6.07) is 12.1. The Labute approximate surface area is 138 Å². The van der Waals surface area contributed by atoms with E-state index in [-0.39, 0.29) is 11.9 Å². The number of hydrogen-bond acceptors (Lipinski definition) is 2. The van der Waals surface area contributed by atoms with Gasteiger partial charge in [0, 0.05) is 6.08 Å². The van der Waals surface area contributed by atoms with Gasteiger partial charge >= 0.3 is 0 Å². The number of carbonyl (C=O) groups excluding carboxylic acids is 1. The van der Waals surface area contributed by atoms with E-state index < -0.39 is 0 Å². The van der Waals surface area contributed by atoms with Crippen LogP contribution in [0, 0.1) is 5.92 Å². The molecule has 2 aromatic rings. The van der Waals surface area contributed by atoms with Gasteiger partial charge in [0.1, 0.15) is 5.76 Å². The molecule has 23 heavy (non-hydrogen) atoms. The predicted molar refractivity (Wildman–Crippen MR) is 94.0 cm³/mol. The molecule has 0 fully saturated rings. The predicted octanol–water partition coefficient (Wildman–Crippen LogP) is 4.93. The average Bonchev–Trinajstić information content (AvgIpc) is 3.04. The second-order valence-corrected chi connectivity index (χ2v) is 6.40. The fraction of sp³-hybridized carbons (Fsp3) is 0.350. The van der Waals surface area contributed by atoms with Gasteiger partial charge in [-0.25, -0.2) is 0 Å². The smallest absolute Gasteiger partial charge is 0.244 e. The van der Waals surface area contributed by atoms with E-state index >= 15 is 0 Å². The van der Waals surface area contributed by atoms with Gasteiger partial charge in [0.2, 0.25) is 5.91 Å². The monoisotopic (exact) mass is 311 g/mol. The molecule has 0 unspecified atom stereocenters. The largest absolute Gasteiger partial charge is 0.465 e. The van der Waals surface area contributed by atoms with E-state index in [1.807, 2.05) is 6.07 Å². The third-order valence-electron chi connectivity index (χ3n) is 3.87. The van der Waals surface area contributed by atoms with Crippen LogP contribution in [-0.4, -0.2) is 5.91 Å². The van der Waals surface area contributed by atoms with Crippen molar-refractivity contribution in [1.82, 2.24) is 5.32 Å². The number of rotatable bonds is 6. The first-order chi connectivity index (χ1) is 11.0. The molecule has 1 amide bonds. The Balaban J connectivity index is 2.07. The zero-order valence-electron chi connectivity index (χ0n) is 14.2. The third kappa shape index (κ3) is 4.85. The highest BCUT2D eigenvalue weighted by atomic mass is 16.3. The van der Waals surface area contributed by atoms with Gasteiger partial charge in [-0.1, -0.05) is 52.0 Å². The van der Waals surface area contributed by atoms with Crippen LogP contribution >= 0.6 is 0 Å². The first-order valence-corrected chi connectivity index (χ1v) is 8.09. The van der Waals surface area contributed by atoms with Crippen LogP contribution in [-0.2, 0) is 4.79 Å². The second-order valence-electron chi connectivity index (χ2n) is 6.40. The number of amides is 1. The van der Waals surface area contributed by atoms with Crippen LogP contribution in [0.2, 0.25) is 0 Å². The number of nitrogens with one attached hydrogen (secondary N) is 1. The van der Waals surface area contributed by atoms with Crippen molar-refractivity contribution in [3.8, 4) is 0 Å². The lowest BCUT2D eigenvalue weighted by Gasteiger charge is -2.22. The third-order valence-corrected chi connectivity index (χ3v) is 3.87. The quantitative estimate of drug-likeness (QED) is 0.769. The molecule has 1 N–H and O–H groups in total. The molecule has 0 saturated heterocycles. The molecule has 1 heterocycles. The van der Waals surface area contributed by atoms with E-state index in [1.165, 1.54) is 11.6 Å². The van der Waals surface area contributed by atoms with Crippen molar-refractivity contribution in [2.24, 2.45) is 5.92 Å². The summed E-state index contributed by atoms with van der Waals surface area (Å²) in [5.41, 5.74) is 2.43. The van der Waals surface area contributed by atoms with Gasteiger partial charge in [-0.15, -0.1) is 0 Å². The highest BCUT2D eigenvalue weighted by molar-refractivity contribution is 5.91. The summed E-state index contributed by atoms with van der Waals surface area (Å²) in [5, 5.41) is 3.08. The maximum absolute atomic E-state index is 12.2. The molecule has 0 spiro atoms. The number of furan rings is 1. The van der Waals surface area contributed by atoms with Gasteiger partial charge in [0.25, 0.3) is 0 Å². The van der Waals surface area contributed by atoms with Gasteiger partial charge in [0.05, 0.1) is 12.3 Å². The highest BCUT2D eigenvalue weighted by Crippen LogP contribution is 2.24. The minimum Gasteiger partial charge on any atom is -0.465 e. The molecule has 1 atom stereocenters. The van der Waals surface area contributed by atoms with Crippen LogP contribution in [0.4, 0.5) is 0 Å². The minimum absolute atomic E-state index is 0.00929. The van der Waals surface area contributed by atoms with Crippen LogP contribution < -0.4 is 5.32 Å². The van der Waals surface area contributed by atoms with Crippen molar-refractivity contribution in [2.75, 3.05) is 0 Å². The number of hydrogen-bond donors (Lipinski definition) is 1. The fourth-order valence-electron chi connectivity index (χ4n) is 2.47. The molecule has 0 aliphatic heterocycles. The van der Waals surface area contributed by atoms with E-state index in [2.05, 4.69) is 57.3 Å². The van der Waals surface area contributed by atoms with Crippen LogP contribution in [0.3, 0.4) is 0 Å². The molecule has 122 valence electrons. The first-order valence-electron chi connectivity index (χ1n) is 8.09.